The van der Waals surface area contributed by atoms with E-state index in [1.54, 1.807) is 7.11 Å². The summed E-state index contributed by atoms with van der Waals surface area (Å²) in [7, 11) is 1.72. The van der Waals surface area contributed by atoms with E-state index in [9.17, 15) is 9.90 Å². The summed E-state index contributed by atoms with van der Waals surface area (Å²) in [4.78, 5) is 22.4. The van der Waals surface area contributed by atoms with Crippen molar-refractivity contribution in [3.05, 3.63) is 0 Å². The zero-order chi connectivity index (χ0) is 27.0. The quantitative estimate of drug-likeness (QED) is 0.231. The molecule has 3 aliphatic heterocycles. The van der Waals surface area contributed by atoms with Crippen LogP contribution in [0.4, 0.5) is 0 Å². The smallest absolute Gasteiger partial charge is 0.227 e. The third kappa shape index (κ3) is 8.88. The average molecular weight is 541 g/mol. The molecule has 3 aliphatic rings. The maximum absolute atomic E-state index is 13.3. The van der Waals surface area contributed by atoms with Gasteiger partial charge in [-0.3, -0.25) is 20.0 Å². The number of rotatable bonds is 11. The lowest BCUT2D eigenvalue weighted by atomic mass is 9.88. The number of hydrogen-bond donors (Lipinski definition) is 4. The van der Waals surface area contributed by atoms with Crippen LogP contribution in [0.1, 0.15) is 47.5 Å². The average Bonchev–Trinajstić information content (AvgIpc) is 2.89. The van der Waals surface area contributed by atoms with Crippen molar-refractivity contribution in [2.75, 3.05) is 64.5 Å². The Labute approximate surface area is 228 Å². The Morgan fingerprint density at radius 1 is 1.30 bits per heavy atom. The largest absolute Gasteiger partial charge is 0.385 e. The first kappa shape index (κ1) is 30.8. The fourth-order valence-corrected chi connectivity index (χ4v) is 6.41. The standard InChI is InChI=1S/C27H52N6O3S/c1-19(2)18-33(21-14-20(15-28-16-21)24(34)32-9-12-37-13-10-32)25(35)22-17-30-26(27(3,4)5)31-23(22)29-8-7-11-36-6/h17,19-23,25-26,28-29,31,35H,7-16,18H2,1-6H3/t20-,21+,22?,23?,25?,26?/m1/s1. The second-order valence-corrected chi connectivity index (χ2v) is 13.5. The van der Waals surface area contributed by atoms with Crippen LogP contribution in [0, 0.1) is 23.2 Å². The van der Waals surface area contributed by atoms with Crippen molar-refractivity contribution < 1.29 is 14.6 Å². The molecule has 3 rings (SSSR count). The molecule has 1 amide bonds. The topological polar surface area (TPSA) is 101 Å². The summed E-state index contributed by atoms with van der Waals surface area (Å²) >= 11 is 1.92. The molecule has 0 aliphatic carbocycles. The number of amides is 1. The molecule has 2 saturated heterocycles. The number of carbonyl (C=O) groups excluding carboxylic acids is 1. The molecular formula is C27H52N6O3S. The number of carbonyl (C=O) groups is 1. The molecule has 0 saturated carbocycles. The number of thioether (sulfide) groups is 1. The number of aliphatic imine (C=N–C) groups is 1. The van der Waals surface area contributed by atoms with E-state index in [1.165, 1.54) is 0 Å². The molecule has 2 fully saturated rings. The van der Waals surface area contributed by atoms with E-state index >= 15 is 0 Å². The zero-order valence-corrected chi connectivity index (χ0v) is 24.7. The summed E-state index contributed by atoms with van der Waals surface area (Å²) in [6, 6.07) is 0.0853. The van der Waals surface area contributed by atoms with Gasteiger partial charge < -0.3 is 25.4 Å². The van der Waals surface area contributed by atoms with Crippen molar-refractivity contribution in [2.24, 2.45) is 28.2 Å². The van der Waals surface area contributed by atoms with Gasteiger partial charge in [-0.05, 0) is 30.7 Å². The minimum atomic E-state index is -0.716. The van der Waals surface area contributed by atoms with Crippen molar-refractivity contribution in [3.63, 3.8) is 0 Å². The summed E-state index contributed by atoms with van der Waals surface area (Å²) in [5, 5.41) is 22.7. The van der Waals surface area contributed by atoms with Crippen molar-refractivity contribution >= 4 is 23.9 Å². The molecule has 6 atom stereocenters. The number of aliphatic hydroxyl groups is 1. The van der Waals surface area contributed by atoms with Crippen LogP contribution in [0.5, 0.6) is 0 Å². The number of piperidine rings is 1. The molecule has 3 heterocycles. The van der Waals surface area contributed by atoms with E-state index in [0.29, 0.717) is 19.1 Å². The number of nitrogens with zero attached hydrogens (tertiary/aromatic N) is 3. The van der Waals surface area contributed by atoms with Crippen LogP contribution < -0.4 is 16.0 Å². The summed E-state index contributed by atoms with van der Waals surface area (Å²) < 4.78 is 5.23. The maximum atomic E-state index is 13.3. The van der Waals surface area contributed by atoms with E-state index in [4.69, 9.17) is 9.73 Å². The number of aliphatic hydroxyl groups excluding tert-OH is 1. The number of hydrogen-bond acceptors (Lipinski definition) is 9. The van der Waals surface area contributed by atoms with E-state index in [0.717, 1.165) is 57.1 Å². The van der Waals surface area contributed by atoms with E-state index in [2.05, 4.69) is 55.5 Å². The molecule has 0 aromatic carbocycles. The normalized spacial score (nSPS) is 30.2. The van der Waals surface area contributed by atoms with Gasteiger partial charge in [0, 0.05) is 70.2 Å². The van der Waals surface area contributed by atoms with Crippen LogP contribution in [0.3, 0.4) is 0 Å². The lowest BCUT2D eigenvalue weighted by Crippen LogP contribution is -2.65. The fraction of sp³-hybridized carbons (Fsp3) is 0.926. The van der Waals surface area contributed by atoms with E-state index < -0.39 is 6.23 Å². The molecule has 0 bridgehead atoms. The molecule has 0 spiro atoms. The summed E-state index contributed by atoms with van der Waals surface area (Å²) in [6.45, 7) is 16.3. The van der Waals surface area contributed by atoms with Crippen molar-refractivity contribution in [2.45, 2.75) is 72.1 Å². The molecule has 0 aromatic rings. The first-order chi connectivity index (χ1) is 17.6. The first-order valence-electron chi connectivity index (χ1n) is 14.1. The highest BCUT2D eigenvalue weighted by molar-refractivity contribution is 7.99. The summed E-state index contributed by atoms with van der Waals surface area (Å²) in [5.41, 5.74) is -0.0374. The van der Waals surface area contributed by atoms with Gasteiger partial charge in [0.2, 0.25) is 5.91 Å². The van der Waals surface area contributed by atoms with Gasteiger partial charge in [-0.1, -0.05) is 34.6 Å². The predicted molar refractivity (Wildman–Crippen MR) is 153 cm³/mol. The van der Waals surface area contributed by atoms with E-state index in [-0.39, 0.29) is 41.5 Å². The molecular weight excluding hydrogens is 488 g/mol. The first-order valence-corrected chi connectivity index (χ1v) is 15.3. The van der Waals surface area contributed by atoms with Gasteiger partial charge in [0.05, 0.1) is 18.0 Å². The van der Waals surface area contributed by atoms with Gasteiger partial charge in [0.25, 0.3) is 0 Å². The van der Waals surface area contributed by atoms with Crippen LogP contribution in [-0.2, 0) is 9.53 Å². The third-order valence-corrected chi connectivity index (χ3v) is 8.51. The number of methoxy groups -OCH3 is 1. The summed E-state index contributed by atoms with van der Waals surface area (Å²) in [6.07, 6.45) is 2.77. The molecule has 214 valence electrons. The van der Waals surface area contributed by atoms with Crippen molar-refractivity contribution in [1.82, 2.24) is 25.8 Å². The molecule has 37 heavy (non-hydrogen) atoms. The van der Waals surface area contributed by atoms with Gasteiger partial charge in [0.1, 0.15) is 12.4 Å². The van der Waals surface area contributed by atoms with Crippen molar-refractivity contribution in [1.29, 1.82) is 0 Å². The SMILES string of the molecule is COCCCNC1NC(C(C)(C)C)N=CC1C(O)N(CC(C)C)[C@@H]1CNC[C@H](C(=O)N2CCSCC2)C1. The minimum absolute atomic E-state index is 0.0320. The Kier molecular flexibility index (Phi) is 12.1. The van der Waals surface area contributed by atoms with Gasteiger partial charge in [0.15, 0.2) is 0 Å². The van der Waals surface area contributed by atoms with Gasteiger partial charge in [-0.25, -0.2) is 0 Å². The zero-order valence-electron chi connectivity index (χ0n) is 23.9. The fourth-order valence-electron chi connectivity index (χ4n) is 5.51. The lowest BCUT2D eigenvalue weighted by molar-refractivity contribution is -0.137. The van der Waals surface area contributed by atoms with Crippen LogP contribution in [0.2, 0.25) is 0 Å². The van der Waals surface area contributed by atoms with Gasteiger partial charge in [-0.15, -0.1) is 0 Å². The summed E-state index contributed by atoms with van der Waals surface area (Å²) in [5.74, 6) is 2.44. The lowest BCUT2D eigenvalue weighted by Gasteiger charge is -2.46. The molecule has 10 heteroatoms. The Hall–Kier alpha value is -0.750. The minimum Gasteiger partial charge on any atom is -0.385 e. The van der Waals surface area contributed by atoms with Gasteiger partial charge in [-0.2, -0.15) is 11.8 Å². The Morgan fingerprint density at radius 3 is 2.68 bits per heavy atom. The molecule has 0 aromatic heterocycles. The van der Waals surface area contributed by atoms with E-state index in [1.807, 2.05) is 22.9 Å². The molecule has 0 radical (unpaired) electrons. The number of nitrogens with one attached hydrogen (secondary N) is 3. The Balaban J connectivity index is 1.76. The Morgan fingerprint density at radius 2 is 2.03 bits per heavy atom. The molecule has 4 N–H and O–H groups in total. The Bertz CT molecular complexity index is 727. The van der Waals surface area contributed by atoms with Crippen LogP contribution in [0.15, 0.2) is 4.99 Å². The van der Waals surface area contributed by atoms with Crippen LogP contribution in [-0.4, -0.2) is 116 Å². The highest BCUT2D eigenvalue weighted by atomic mass is 32.2. The van der Waals surface area contributed by atoms with Crippen LogP contribution >= 0.6 is 11.8 Å². The predicted octanol–water partition coefficient (Wildman–Crippen LogP) is 1.43. The highest BCUT2D eigenvalue weighted by Gasteiger charge is 2.41. The maximum Gasteiger partial charge on any atom is 0.227 e. The third-order valence-electron chi connectivity index (χ3n) is 7.57. The van der Waals surface area contributed by atoms with Gasteiger partial charge >= 0.3 is 0 Å². The second kappa shape index (κ2) is 14.6. The number of ether oxygens (including phenoxy) is 1. The molecule has 4 unspecified atom stereocenters. The monoisotopic (exact) mass is 540 g/mol. The second-order valence-electron chi connectivity index (χ2n) is 12.3. The van der Waals surface area contributed by atoms with Crippen LogP contribution in [0.25, 0.3) is 0 Å². The highest BCUT2D eigenvalue weighted by Crippen LogP contribution is 2.28. The van der Waals surface area contributed by atoms with Crippen molar-refractivity contribution in [3.8, 4) is 0 Å². The molecule has 9 nitrogen and oxygen atoms in total.